The molecule has 2 aromatic rings. The van der Waals surface area contributed by atoms with Crippen LogP contribution in [0.5, 0.6) is 0 Å². The Kier molecular flexibility index (Phi) is 5.76. The van der Waals surface area contributed by atoms with Crippen molar-refractivity contribution in [3.63, 3.8) is 0 Å². The molecule has 2 aromatic heterocycles. The van der Waals surface area contributed by atoms with Crippen molar-refractivity contribution in [2.75, 3.05) is 11.9 Å². The first-order valence-corrected chi connectivity index (χ1v) is 10.5. The van der Waals surface area contributed by atoms with Gasteiger partial charge in [0.15, 0.2) is 0 Å². The van der Waals surface area contributed by atoms with Gasteiger partial charge in [0, 0.05) is 12.7 Å². The summed E-state index contributed by atoms with van der Waals surface area (Å²) in [6, 6.07) is 0.0763. The number of nitrogens with zero attached hydrogens (tertiary/aromatic N) is 3. The highest BCUT2D eigenvalue weighted by Gasteiger charge is 2.26. The van der Waals surface area contributed by atoms with E-state index in [1.807, 2.05) is 12.3 Å². The van der Waals surface area contributed by atoms with Gasteiger partial charge in [0.1, 0.15) is 5.83 Å². The normalized spacial score (nSPS) is 25.1. The van der Waals surface area contributed by atoms with Crippen molar-refractivity contribution in [1.29, 1.82) is 0 Å². The molecular weight excluding hydrogens is 355 g/mol. The quantitative estimate of drug-likeness (QED) is 0.687. The van der Waals surface area contributed by atoms with Crippen LogP contribution in [0.2, 0.25) is 0 Å². The second-order valence-corrected chi connectivity index (χ2v) is 7.96. The van der Waals surface area contributed by atoms with E-state index >= 15 is 0 Å². The highest BCUT2D eigenvalue weighted by atomic mass is 19.1. The Morgan fingerprint density at radius 2 is 2.11 bits per heavy atom. The lowest BCUT2D eigenvalue weighted by Gasteiger charge is -2.25. The van der Waals surface area contributed by atoms with E-state index in [0.29, 0.717) is 18.3 Å². The SMILES string of the molecule is CCCCNc1ncc2c(n1)c(C1CCC(O)CC1)cn2C1C=CC(F)=CC1. The minimum atomic E-state index is -0.181. The zero-order chi connectivity index (χ0) is 19.5. The van der Waals surface area contributed by atoms with Crippen molar-refractivity contribution in [2.24, 2.45) is 0 Å². The highest BCUT2D eigenvalue weighted by molar-refractivity contribution is 5.81. The summed E-state index contributed by atoms with van der Waals surface area (Å²) in [5.41, 5.74) is 3.21. The van der Waals surface area contributed by atoms with Gasteiger partial charge < -0.3 is 15.0 Å². The van der Waals surface area contributed by atoms with Crippen LogP contribution in [0.25, 0.3) is 11.0 Å². The van der Waals surface area contributed by atoms with E-state index in [1.54, 1.807) is 6.08 Å². The molecule has 1 atom stereocenters. The summed E-state index contributed by atoms with van der Waals surface area (Å²) in [4.78, 5) is 9.38. The maximum Gasteiger partial charge on any atom is 0.223 e. The maximum atomic E-state index is 13.4. The average Bonchev–Trinajstić information content (AvgIpc) is 3.08. The molecule has 0 saturated heterocycles. The minimum Gasteiger partial charge on any atom is -0.393 e. The third-order valence-electron chi connectivity index (χ3n) is 5.94. The van der Waals surface area contributed by atoms with Crippen LogP contribution in [0.3, 0.4) is 0 Å². The molecule has 4 rings (SSSR count). The molecule has 5 nitrogen and oxygen atoms in total. The molecule has 0 aliphatic heterocycles. The standard InChI is InChI=1S/C22H29FN4O/c1-2-3-12-24-22-25-13-20-21(26-22)19(15-4-10-18(28)11-5-15)14-27(20)17-8-6-16(23)7-9-17/h6-8,13-15,17-18,28H,2-5,9-12H2,1H3,(H,24,25,26). The zero-order valence-corrected chi connectivity index (χ0v) is 16.4. The molecule has 6 heteroatoms. The van der Waals surface area contributed by atoms with Crippen molar-refractivity contribution >= 4 is 17.0 Å². The summed E-state index contributed by atoms with van der Waals surface area (Å²) in [5, 5.41) is 13.2. The van der Waals surface area contributed by atoms with Crippen molar-refractivity contribution in [2.45, 2.75) is 69.9 Å². The van der Waals surface area contributed by atoms with Crippen LogP contribution in [-0.4, -0.2) is 32.3 Å². The smallest absolute Gasteiger partial charge is 0.223 e. The topological polar surface area (TPSA) is 63.0 Å². The van der Waals surface area contributed by atoms with Crippen LogP contribution in [0.15, 0.2) is 36.4 Å². The molecule has 150 valence electrons. The van der Waals surface area contributed by atoms with E-state index in [0.717, 1.165) is 56.1 Å². The van der Waals surface area contributed by atoms with Crippen LogP contribution in [0.4, 0.5) is 10.3 Å². The lowest BCUT2D eigenvalue weighted by molar-refractivity contribution is 0.122. The number of allylic oxidation sites excluding steroid dienone is 4. The van der Waals surface area contributed by atoms with E-state index < -0.39 is 0 Å². The summed E-state index contributed by atoms with van der Waals surface area (Å²) in [7, 11) is 0. The number of hydrogen-bond acceptors (Lipinski definition) is 4. The Balaban J connectivity index is 1.70. The van der Waals surface area contributed by atoms with Gasteiger partial charge in [-0.25, -0.2) is 14.4 Å². The van der Waals surface area contributed by atoms with Crippen LogP contribution in [0.1, 0.15) is 69.4 Å². The van der Waals surface area contributed by atoms with Gasteiger partial charge in [-0.2, -0.15) is 0 Å². The van der Waals surface area contributed by atoms with Crippen LogP contribution >= 0.6 is 0 Å². The van der Waals surface area contributed by atoms with Gasteiger partial charge in [0.25, 0.3) is 0 Å². The summed E-state index contributed by atoms with van der Waals surface area (Å²) < 4.78 is 15.6. The fraction of sp³-hybridized carbons (Fsp3) is 0.545. The fourth-order valence-electron chi connectivity index (χ4n) is 4.27. The second-order valence-electron chi connectivity index (χ2n) is 7.96. The molecule has 1 fully saturated rings. The predicted octanol–water partition coefficient (Wildman–Crippen LogP) is 5.02. The van der Waals surface area contributed by atoms with E-state index in [9.17, 15) is 9.50 Å². The number of anilines is 1. The molecule has 1 saturated carbocycles. The molecule has 2 aliphatic rings. The van der Waals surface area contributed by atoms with Gasteiger partial charge in [-0.3, -0.25) is 0 Å². The zero-order valence-electron chi connectivity index (χ0n) is 16.4. The van der Waals surface area contributed by atoms with Gasteiger partial charge in [0.05, 0.1) is 29.4 Å². The number of halogens is 1. The summed E-state index contributed by atoms with van der Waals surface area (Å²) in [6.45, 7) is 3.03. The van der Waals surface area contributed by atoms with Crippen LogP contribution in [-0.2, 0) is 0 Å². The summed E-state index contributed by atoms with van der Waals surface area (Å²) >= 11 is 0. The van der Waals surface area contributed by atoms with Gasteiger partial charge in [-0.1, -0.05) is 19.4 Å². The Hall–Kier alpha value is -2.21. The largest absolute Gasteiger partial charge is 0.393 e. The van der Waals surface area contributed by atoms with E-state index in [4.69, 9.17) is 4.98 Å². The average molecular weight is 384 g/mol. The lowest BCUT2D eigenvalue weighted by Crippen LogP contribution is -2.17. The summed E-state index contributed by atoms with van der Waals surface area (Å²) in [6.07, 6.45) is 15.4. The van der Waals surface area contributed by atoms with Gasteiger partial charge in [-0.15, -0.1) is 0 Å². The molecule has 2 N–H and O–H groups in total. The first-order valence-electron chi connectivity index (χ1n) is 10.5. The lowest BCUT2D eigenvalue weighted by atomic mass is 9.83. The van der Waals surface area contributed by atoms with Crippen molar-refractivity contribution in [3.05, 3.63) is 42.0 Å². The molecule has 1 unspecified atom stereocenters. The highest BCUT2D eigenvalue weighted by Crippen LogP contribution is 2.39. The van der Waals surface area contributed by atoms with Crippen molar-refractivity contribution < 1.29 is 9.50 Å². The van der Waals surface area contributed by atoms with Crippen molar-refractivity contribution in [3.8, 4) is 0 Å². The molecule has 0 amide bonds. The predicted molar refractivity (Wildman–Crippen MR) is 110 cm³/mol. The Morgan fingerprint density at radius 3 is 2.82 bits per heavy atom. The van der Waals surface area contributed by atoms with Crippen LogP contribution < -0.4 is 5.32 Å². The maximum absolute atomic E-state index is 13.4. The first-order chi connectivity index (χ1) is 13.7. The third-order valence-corrected chi connectivity index (χ3v) is 5.94. The van der Waals surface area contributed by atoms with E-state index in [-0.39, 0.29) is 18.0 Å². The molecule has 2 heterocycles. The number of nitrogens with one attached hydrogen (secondary N) is 1. The van der Waals surface area contributed by atoms with Gasteiger partial charge in [-0.05, 0) is 62.2 Å². The monoisotopic (exact) mass is 384 g/mol. The molecule has 0 spiro atoms. The molecule has 28 heavy (non-hydrogen) atoms. The number of rotatable bonds is 6. The Labute approximate surface area is 165 Å². The van der Waals surface area contributed by atoms with Gasteiger partial charge >= 0.3 is 0 Å². The fourth-order valence-corrected chi connectivity index (χ4v) is 4.27. The molecule has 0 radical (unpaired) electrons. The van der Waals surface area contributed by atoms with E-state index in [1.165, 1.54) is 11.6 Å². The third kappa shape index (κ3) is 3.97. The van der Waals surface area contributed by atoms with Gasteiger partial charge in [0.2, 0.25) is 5.95 Å². The first kappa shape index (κ1) is 19.1. The molecule has 2 aliphatic carbocycles. The number of aliphatic hydroxyl groups excluding tert-OH is 1. The number of aromatic nitrogens is 3. The number of unbranched alkanes of at least 4 members (excludes halogenated alkanes) is 1. The van der Waals surface area contributed by atoms with Crippen molar-refractivity contribution in [1.82, 2.24) is 14.5 Å². The second kappa shape index (κ2) is 8.43. The Bertz CT molecular complexity index is 880. The minimum absolute atomic E-state index is 0.0763. The number of fused-ring (bicyclic) bond motifs is 1. The molecule has 0 aromatic carbocycles. The number of aliphatic hydroxyl groups is 1. The molecule has 0 bridgehead atoms. The Morgan fingerprint density at radius 1 is 1.29 bits per heavy atom. The van der Waals surface area contributed by atoms with Crippen LogP contribution in [0, 0.1) is 0 Å². The number of hydrogen-bond donors (Lipinski definition) is 2. The summed E-state index contributed by atoms with van der Waals surface area (Å²) in [5.74, 6) is 0.888. The molecular formula is C22H29FN4O. The van der Waals surface area contributed by atoms with E-state index in [2.05, 4.69) is 28.0 Å².